The van der Waals surface area contributed by atoms with Gasteiger partial charge in [0.05, 0.1) is 0 Å². The number of nitrogens with zero attached hydrogens (tertiary/aromatic N) is 1. The van der Waals surface area contributed by atoms with Crippen LogP contribution in [0.3, 0.4) is 0 Å². The minimum absolute atomic E-state index is 0.00231. The Morgan fingerprint density at radius 2 is 2.33 bits per heavy atom. The summed E-state index contributed by atoms with van der Waals surface area (Å²) in [7, 11) is 0. The number of cyclic esters (lactones) is 1. The summed E-state index contributed by atoms with van der Waals surface area (Å²) in [5, 5.41) is 0. The fraction of sp³-hybridized carbons (Fsp3) is 0.636. The van der Waals surface area contributed by atoms with E-state index in [9.17, 15) is 9.59 Å². The van der Waals surface area contributed by atoms with Crippen molar-refractivity contribution in [3.05, 3.63) is 12.2 Å². The molecule has 0 unspecified atom stereocenters. The zero-order chi connectivity index (χ0) is 10.8. The van der Waals surface area contributed by atoms with Crippen LogP contribution in [-0.4, -0.2) is 29.5 Å². The van der Waals surface area contributed by atoms with Crippen LogP contribution in [-0.2, 0) is 9.53 Å². The van der Waals surface area contributed by atoms with Crippen LogP contribution in [0.5, 0.6) is 0 Å². The lowest BCUT2D eigenvalue weighted by Crippen LogP contribution is -2.44. The molecular weight excluding hydrogens is 194 g/mol. The highest BCUT2D eigenvalue weighted by molar-refractivity contribution is 5.98. The van der Waals surface area contributed by atoms with Crippen LogP contribution in [0.15, 0.2) is 12.2 Å². The minimum atomic E-state index is -0.473. The van der Waals surface area contributed by atoms with Crippen molar-refractivity contribution in [1.29, 1.82) is 0 Å². The molecule has 1 heterocycles. The molecule has 2 atom stereocenters. The van der Waals surface area contributed by atoms with Gasteiger partial charge in [-0.25, -0.2) is 9.69 Å². The molecule has 4 heteroatoms. The van der Waals surface area contributed by atoms with E-state index in [4.69, 9.17) is 4.74 Å². The van der Waals surface area contributed by atoms with Crippen LogP contribution in [0.25, 0.3) is 0 Å². The average Bonchev–Trinajstić information content (AvgIpc) is 2.59. The van der Waals surface area contributed by atoms with Gasteiger partial charge >= 0.3 is 6.09 Å². The molecule has 15 heavy (non-hydrogen) atoms. The maximum atomic E-state index is 11.5. The average molecular weight is 209 g/mol. The van der Waals surface area contributed by atoms with E-state index in [1.807, 2.05) is 0 Å². The molecule has 0 aromatic rings. The summed E-state index contributed by atoms with van der Waals surface area (Å²) in [5.74, 6) is 0.0899. The largest absolute Gasteiger partial charge is 0.439 e. The van der Waals surface area contributed by atoms with E-state index in [0.29, 0.717) is 0 Å². The van der Waals surface area contributed by atoms with Crippen LogP contribution < -0.4 is 0 Å². The maximum Gasteiger partial charge on any atom is 0.417 e. The fourth-order valence-electron chi connectivity index (χ4n) is 2.29. The summed E-state index contributed by atoms with van der Waals surface area (Å²) < 4.78 is 4.74. The van der Waals surface area contributed by atoms with E-state index >= 15 is 0 Å². The predicted octanol–water partition coefficient (Wildman–Crippen LogP) is 1.71. The van der Waals surface area contributed by atoms with Crippen molar-refractivity contribution in [2.24, 2.45) is 5.92 Å². The summed E-state index contributed by atoms with van der Waals surface area (Å²) in [6, 6.07) is 0.00231. The number of carbonyl (C=O) groups excluding carboxylic acids is 2. The molecule has 0 N–H and O–H groups in total. The lowest BCUT2D eigenvalue weighted by Gasteiger charge is -2.31. The van der Waals surface area contributed by atoms with Gasteiger partial charge in [0.2, 0.25) is 0 Å². The summed E-state index contributed by atoms with van der Waals surface area (Å²) in [4.78, 5) is 24.2. The number of hydrogen-bond acceptors (Lipinski definition) is 3. The number of ether oxygens (including phenoxy) is 1. The first kappa shape index (κ1) is 10.2. The van der Waals surface area contributed by atoms with Crippen LogP contribution in [0.4, 0.5) is 4.79 Å². The van der Waals surface area contributed by atoms with Gasteiger partial charge in [-0.3, -0.25) is 4.79 Å². The molecule has 82 valence electrons. The Bertz CT molecular complexity index is 295. The van der Waals surface area contributed by atoms with Gasteiger partial charge in [-0.05, 0) is 25.2 Å². The minimum Gasteiger partial charge on any atom is -0.439 e. The molecular formula is C11H15NO3. The van der Waals surface area contributed by atoms with Crippen LogP contribution in [0.2, 0.25) is 0 Å². The molecule has 0 radical (unpaired) electrons. The van der Waals surface area contributed by atoms with Gasteiger partial charge in [0.1, 0.15) is 0 Å². The van der Waals surface area contributed by atoms with E-state index in [1.165, 1.54) is 4.90 Å². The number of carbonyl (C=O) groups is 2. The third-order valence-electron chi connectivity index (χ3n) is 3.09. The smallest absolute Gasteiger partial charge is 0.417 e. The Kier molecular flexibility index (Phi) is 2.75. The lowest BCUT2D eigenvalue weighted by atomic mass is 9.87. The van der Waals surface area contributed by atoms with E-state index in [0.717, 1.165) is 19.3 Å². The Hall–Kier alpha value is -1.32. The molecule has 0 saturated carbocycles. The third-order valence-corrected chi connectivity index (χ3v) is 3.09. The summed E-state index contributed by atoms with van der Waals surface area (Å²) in [6.07, 6.45) is 6.48. The first-order chi connectivity index (χ1) is 7.24. The highest BCUT2D eigenvalue weighted by atomic mass is 16.6. The van der Waals surface area contributed by atoms with Gasteiger partial charge < -0.3 is 4.74 Å². The van der Waals surface area contributed by atoms with Crippen molar-refractivity contribution in [2.45, 2.75) is 32.2 Å². The van der Waals surface area contributed by atoms with Crippen molar-refractivity contribution in [2.75, 3.05) is 6.61 Å². The van der Waals surface area contributed by atoms with Crippen molar-refractivity contribution in [1.82, 2.24) is 4.90 Å². The Balaban J connectivity index is 2.18. The molecule has 1 saturated heterocycles. The highest BCUT2D eigenvalue weighted by Gasteiger charge is 2.39. The third kappa shape index (κ3) is 1.76. The molecule has 1 aliphatic heterocycles. The van der Waals surface area contributed by atoms with Crippen LogP contribution in [0.1, 0.15) is 26.2 Å². The van der Waals surface area contributed by atoms with Gasteiger partial charge in [-0.15, -0.1) is 0 Å². The van der Waals surface area contributed by atoms with Gasteiger partial charge in [0, 0.05) is 6.04 Å². The predicted molar refractivity (Wildman–Crippen MR) is 54.1 cm³/mol. The number of hydrogen-bond donors (Lipinski definition) is 0. The first-order valence-electron chi connectivity index (χ1n) is 5.39. The Morgan fingerprint density at radius 1 is 1.53 bits per heavy atom. The molecule has 0 aromatic carbocycles. The van der Waals surface area contributed by atoms with Crippen LogP contribution in [0, 0.1) is 5.92 Å². The maximum absolute atomic E-state index is 11.5. The first-order valence-corrected chi connectivity index (χ1v) is 5.39. The van der Waals surface area contributed by atoms with Crippen LogP contribution >= 0.6 is 0 Å². The second-order valence-electron chi connectivity index (χ2n) is 3.96. The lowest BCUT2D eigenvalue weighted by molar-refractivity contribution is -0.128. The van der Waals surface area contributed by atoms with E-state index in [-0.39, 0.29) is 24.5 Å². The van der Waals surface area contributed by atoms with Crippen molar-refractivity contribution < 1.29 is 14.3 Å². The number of rotatable bonds is 2. The molecule has 2 aliphatic rings. The standard InChI is InChI=1S/C11H15NO3/c1-2-8-5-3-4-6-9(8)12-10(13)7-15-11(12)14/h3,5,8-9H,2,4,6-7H2,1H3/t8-,9+/m0/s1. The van der Waals surface area contributed by atoms with Crippen molar-refractivity contribution in [3.63, 3.8) is 0 Å². The second-order valence-corrected chi connectivity index (χ2v) is 3.96. The second kappa shape index (κ2) is 4.04. The summed E-state index contributed by atoms with van der Waals surface area (Å²) >= 11 is 0. The molecule has 0 spiro atoms. The molecule has 2 amide bonds. The number of allylic oxidation sites excluding steroid dienone is 1. The van der Waals surface area contributed by atoms with Gasteiger partial charge in [-0.2, -0.15) is 0 Å². The van der Waals surface area contributed by atoms with E-state index in [2.05, 4.69) is 19.1 Å². The fourth-order valence-corrected chi connectivity index (χ4v) is 2.29. The van der Waals surface area contributed by atoms with Crippen molar-refractivity contribution >= 4 is 12.0 Å². The number of imide groups is 1. The monoisotopic (exact) mass is 209 g/mol. The SMILES string of the molecule is CC[C@H]1C=CCC[C@H]1N1C(=O)COC1=O. The zero-order valence-electron chi connectivity index (χ0n) is 8.81. The summed E-state index contributed by atoms with van der Waals surface area (Å²) in [6.45, 7) is 1.98. The van der Waals surface area contributed by atoms with Gasteiger partial charge in [-0.1, -0.05) is 19.1 Å². The normalized spacial score (nSPS) is 30.9. The molecule has 0 aromatic heterocycles. The highest BCUT2D eigenvalue weighted by Crippen LogP contribution is 2.28. The molecule has 2 rings (SSSR count). The molecule has 1 fully saturated rings. The quantitative estimate of drug-likeness (QED) is 0.650. The zero-order valence-corrected chi connectivity index (χ0v) is 8.81. The van der Waals surface area contributed by atoms with Gasteiger partial charge in [0.25, 0.3) is 5.91 Å². The molecule has 1 aliphatic carbocycles. The van der Waals surface area contributed by atoms with E-state index in [1.54, 1.807) is 0 Å². The Morgan fingerprint density at radius 3 is 2.93 bits per heavy atom. The molecule has 0 bridgehead atoms. The Labute approximate surface area is 88.9 Å². The number of amides is 2. The summed E-state index contributed by atoms with van der Waals surface area (Å²) in [5.41, 5.74) is 0. The van der Waals surface area contributed by atoms with Crippen molar-refractivity contribution in [3.8, 4) is 0 Å². The van der Waals surface area contributed by atoms with E-state index < -0.39 is 6.09 Å². The topological polar surface area (TPSA) is 46.6 Å². The molecule has 4 nitrogen and oxygen atoms in total. The van der Waals surface area contributed by atoms with Gasteiger partial charge in [0.15, 0.2) is 6.61 Å².